The minimum atomic E-state index is -4.68. The Morgan fingerprint density at radius 1 is 1.09 bits per heavy atom. The highest BCUT2D eigenvalue weighted by Crippen LogP contribution is 2.33. The zero-order valence-corrected chi connectivity index (χ0v) is 20.5. The summed E-state index contributed by atoms with van der Waals surface area (Å²) < 4.78 is 39.3. The second-order valence-electron chi connectivity index (χ2n) is 6.18. The fourth-order valence-electron chi connectivity index (χ4n) is 2.42. The third-order valence-electron chi connectivity index (χ3n) is 3.87. The Morgan fingerprint density at radius 3 is 2.42 bits per heavy atom. The highest BCUT2D eigenvalue weighted by molar-refractivity contribution is 9.10. The molecule has 0 aliphatic heterocycles. The smallest absolute Gasteiger partial charge is 0.319 e. The van der Waals surface area contributed by atoms with Gasteiger partial charge in [-0.2, -0.15) is 18.3 Å². The maximum Gasteiger partial charge on any atom is 0.417 e. The van der Waals surface area contributed by atoms with Gasteiger partial charge in [-0.05, 0) is 40.2 Å². The zero-order valence-electron chi connectivity index (χ0n) is 15.8. The number of benzene rings is 1. The number of hydrogen-bond acceptors (Lipinski definition) is 5. The summed E-state index contributed by atoms with van der Waals surface area (Å²) >= 11 is 22.6. The van der Waals surface area contributed by atoms with E-state index in [0.717, 1.165) is 9.35 Å². The molecule has 0 aliphatic carbocycles. The van der Waals surface area contributed by atoms with E-state index in [-0.39, 0.29) is 21.3 Å². The van der Waals surface area contributed by atoms with Crippen LogP contribution in [0.15, 0.2) is 45.4 Å². The SMILES string of the molecule is O=C(NN=Cc1cc(Br)cs1)c1cc(Cl)cc(Cl)c1NC(=O)c1ncc(C(F)(F)F)cc1Cl. The quantitative estimate of drug-likeness (QED) is 0.247. The lowest BCUT2D eigenvalue weighted by Gasteiger charge is -2.13. The van der Waals surface area contributed by atoms with E-state index in [9.17, 15) is 22.8 Å². The van der Waals surface area contributed by atoms with Gasteiger partial charge in [-0.15, -0.1) is 11.3 Å². The minimum absolute atomic E-state index is 0.0972. The van der Waals surface area contributed by atoms with Crippen LogP contribution < -0.4 is 10.7 Å². The topological polar surface area (TPSA) is 83.5 Å². The van der Waals surface area contributed by atoms with E-state index in [0.29, 0.717) is 12.3 Å². The normalized spacial score (nSPS) is 11.6. The van der Waals surface area contributed by atoms with Crippen LogP contribution in [0.2, 0.25) is 15.1 Å². The van der Waals surface area contributed by atoms with Crippen molar-refractivity contribution in [2.24, 2.45) is 5.10 Å². The van der Waals surface area contributed by atoms with E-state index < -0.39 is 34.3 Å². The fourth-order valence-corrected chi connectivity index (χ4v) is 4.52. The molecule has 0 saturated carbocycles. The average molecular weight is 601 g/mol. The highest BCUT2D eigenvalue weighted by atomic mass is 79.9. The number of amides is 2. The summed E-state index contributed by atoms with van der Waals surface area (Å²) in [5.74, 6) is -1.74. The van der Waals surface area contributed by atoms with Crippen LogP contribution in [-0.4, -0.2) is 23.0 Å². The first-order valence-electron chi connectivity index (χ1n) is 8.56. The molecule has 0 unspecified atom stereocenters. The Kier molecular flexibility index (Phi) is 8.01. The molecule has 2 aromatic heterocycles. The molecule has 2 heterocycles. The van der Waals surface area contributed by atoms with Crippen LogP contribution in [0.1, 0.15) is 31.3 Å². The van der Waals surface area contributed by atoms with Crippen molar-refractivity contribution >= 4 is 85.8 Å². The second kappa shape index (κ2) is 10.4. The number of hydrogen-bond donors (Lipinski definition) is 2. The number of rotatable bonds is 5. The number of carbonyl (C=O) groups is 2. The van der Waals surface area contributed by atoms with Gasteiger partial charge in [-0.3, -0.25) is 9.59 Å². The van der Waals surface area contributed by atoms with E-state index in [1.807, 2.05) is 5.38 Å². The fraction of sp³-hybridized carbons (Fsp3) is 0.0526. The average Bonchev–Trinajstić information content (AvgIpc) is 3.13. The van der Waals surface area contributed by atoms with Crippen molar-refractivity contribution in [2.75, 3.05) is 5.32 Å². The van der Waals surface area contributed by atoms with E-state index in [4.69, 9.17) is 34.8 Å². The minimum Gasteiger partial charge on any atom is -0.319 e. The molecule has 3 aromatic rings. The Labute approximate surface area is 211 Å². The molecule has 33 heavy (non-hydrogen) atoms. The van der Waals surface area contributed by atoms with Crippen molar-refractivity contribution in [3.8, 4) is 0 Å². The van der Waals surface area contributed by atoms with Gasteiger partial charge in [0.15, 0.2) is 0 Å². The lowest BCUT2D eigenvalue weighted by molar-refractivity contribution is -0.137. The standard InChI is InChI=1S/C19H9BrCl3F3N4O2S/c20-9-2-11(33-7-9)6-28-30-17(31)12-3-10(21)4-14(23)15(12)29-18(32)16-13(22)1-8(5-27-16)19(24,25)26/h1-7H,(H,29,32)(H,30,31). The number of anilines is 1. The molecule has 0 saturated heterocycles. The number of halogens is 7. The summed E-state index contributed by atoms with van der Waals surface area (Å²) in [5.41, 5.74) is 0.367. The molecule has 6 nitrogen and oxygen atoms in total. The Hall–Kier alpha value is -2.18. The van der Waals surface area contributed by atoms with Gasteiger partial charge in [-0.25, -0.2) is 10.4 Å². The molecule has 3 rings (SSSR count). The lowest BCUT2D eigenvalue weighted by Crippen LogP contribution is -2.22. The van der Waals surface area contributed by atoms with E-state index in [1.165, 1.54) is 29.7 Å². The van der Waals surface area contributed by atoms with Gasteiger partial charge < -0.3 is 5.32 Å². The Balaban J connectivity index is 1.85. The first kappa shape index (κ1) is 25.4. The number of carbonyl (C=O) groups excluding carboxylic acids is 2. The van der Waals surface area contributed by atoms with Crippen molar-refractivity contribution in [3.05, 3.63) is 77.1 Å². The van der Waals surface area contributed by atoms with E-state index >= 15 is 0 Å². The zero-order chi connectivity index (χ0) is 24.3. The van der Waals surface area contributed by atoms with Crippen LogP contribution in [0.5, 0.6) is 0 Å². The predicted octanol–water partition coefficient (Wildman–Crippen LogP) is 6.90. The van der Waals surface area contributed by atoms with Crippen LogP contribution in [0, 0.1) is 0 Å². The molecule has 2 amide bonds. The van der Waals surface area contributed by atoms with Gasteiger partial charge >= 0.3 is 6.18 Å². The molecular formula is C19H9BrCl3F3N4O2S. The van der Waals surface area contributed by atoms with Gasteiger partial charge in [0.05, 0.1) is 33.1 Å². The second-order valence-corrected chi connectivity index (χ2v) is 9.29. The molecule has 0 atom stereocenters. The number of pyridine rings is 1. The molecule has 0 radical (unpaired) electrons. The Bertz CT molecular complexity index is 1270. The van der Waals surface area contributed by atoms with Crippen molar-refractivity contribution in [1.82, 2.24) is 10.4 Å². The molecule has 172 valence electrons. The number of nitrogens with zero attached hydrogens (tertiary/aromatic N) is 2. The monoisotopic (exact) mass is 598 g/mol. The van der Waals surface area contributed by atoms with Crippen molar-refractivity contribution in [1.29, 1.82) is 0 Å². The van der Waals surface area contributed by atoms with E-state index in [2.05, 4.69) is 36.8 Å². The summed E-state index contributed by atoms with van der Waals surface area (Å²) in [4.78, 5) is 29.5. The van der Waals surface area contributed by atoms with Crippen molar-refractivity contribution < 1.29 is 22.8 Å². The third-order valence-corrected chi connectivity index (χ3v) is 6.30. The van der Waals surface area contributed by atoms with Gasteiger partial charge in [0.1, 0.15) is 5.69 Å². The van der Waals surface area contributed by atoms with Crippen LogP contribution in [0.4, 0.5) is 18.9 Å². The molecule has 2 N–H and O–H groups in total. The maximum atomic E-state index is 12.8. The number of nitrogens with one attached hydrogen (secondary N) is 2. The lowest BCUT2D eigenvalue weighted by atomic mass is 10.1. The van der Waals surface area contributed by atoms with Crippen molar-refractivity contribution in [3.63, 3.8) is 0 Å². The first-order chi connectivity index (χ1) is 15.5. The van der Waals surface area contributed by atoms with Crippen LogP contribution >= 0.6 is 62.1 Å². The largest absolute Gasteiger partial charge is 0.417 e. The third kappa shape index (κ3) is 6.45. The summed E-state index contributed by atoms with van der Waals surface area (Å²) in [6, 6.07) is 4.85. The Morgan fingerprint density at radius 2 is 1.82 bits per heavy atom. The molecule has 1 aromatic carbocycles. The summed E-state index contributed by atoms with van der Waals surface area (Å²) in [7, 11) is 0. The van der Waals surface area contributed by atoms with Crippen LogP contribution in [0.25, 0.3) is 0 Å². The number of hydrazone groups is 1. The van der Waals surface area contributed by atoms with Gasteiger partial charge in [-0.1, -0.05) is 34.8 Å². The van der Waals surface area contributed by atoms with Crippen LogP contribution in [0.3, 0.4) is 0 Å². The van der Waals surface area contributed by atoms with Crippen molar-refractivity contribution in [2.45, 2.75) is 6.18 Å². The molecular weight excluding hydrogens is 592 g/mol. The highest BCUT2D eigenvalue weighted by Gasteiger charge is 2.32. The van der Waals surface area contributed by atoms with Gasteiger partial charge in [0.2, 0.25) is 0 Å². The van der Waals surface area contributed by atoms with Gasteiger partial charge in [0, 0.05) is 25.9 Å². The van der Waals surface area contributed by atoms with Crippen LogP contribution in [-0.2, 0) is 6.18 Å². The van der Waals surface area contributed by atoms with E-state index in [1.54, 1.807) is 6.07 Å². The number of thiophene rings is 1. The molecule has 0 bridgehead atoms. The maximum absolute atomic E-state index is 12.8. The summed E-state index contributed by atoms with van der Waals surface area (Å²) in [5, 5.41) is 7.47. The first-order valence-corrected chi connectivity index (χ1v) is 11.4. The summed E-state index contributed by atoms with van der Waals surface area (Å²) in [6.07, 6.45) is -2.81. The number of alkyl halides is 3. The predicted molar refractivity (Wildman–Crippen MR) is 126 cm³/mol. The molecule has 0 fully saturated rings. The molecule has 0 spiro atoms. The summed E-state index contributed by atoms with van der Waals surface area (Å²) in [6.45, 7) is 0. The molecule has 14 heteroatoms. The molecule has 0 aliphatic rings. The number of aromatic nitrogens is 1. The van der Waals surface area contributed by atoms with Gasteiger partial charge in [0.25, 0.3) is 11.8 Å².